The first-order chi connectivity index (χ1) is 6.42. The van der Waals surface area contributed by atoms with Gasteiger partial charge in [-0.25, -0.2) is 0 Å². The Hall–Kier alpha value is -1.44. The van der Waals surface area contributed by atoms with E-state index in [2.05, 4.69) is 30.7 Å². The number of hydrogen-bond acceptors (Lipinski definition) is 1. The molecule has 0 atom stereocenters. The molecule has 1 N–H and O–H groups in total. The van der Waals surface area contributed by atoms with E-state index < -0.39 is 0 Å². The summed E-state index contributed by atoms with van der Waals surface area (Å²) < 4.78 is 1.96. The molecule has 2 nitrogen and oxygen atoms in total. The van der Waals surface area contributed by atoms with Crippen molar-refractivity contribution in [3.63, 3.8) is 0 Å². The first-order valence-corrected chi connectivity index (χ1v) is 4.64. The number of benzene rings is 1. The van der Waals surface area contributed by atoms with Crippen LogP contribution >= 0.6 is 0 Å². The highest BCUT2D eigenvalue weighted by atomic mass is 15.4. The predicted octanol–water partition coefficient (Wildman–Crippen LogP) is 2.39. The molecular formula is C11H13N2. The normalized spacial score (nSPS) is 10.5. The highest BCUT2D eigenvalue weighted by Gasteiger charge is 1.97. The van der Waals surface area contributed by atoms with Crippen molar-refractivity contribution in [2.24, 2.45) is 0 Å². The minimum absolute atomic E-state index is 0.981. The Bertz CT molecular complexity index is 390. The van der Waals surface area contributed by atoms with Gasteiger partial charge >= 0.3 is 0 Å². The molecule has 2 rings (SSSR count). The molecule has 0 spiro atoms. The monoisotopic (exact) mass is 173 g/mol. The first kappa shape index (κ1) is 8.17. The number of hydrogen-bond donors (Lipinski definition) is 1. The fourth-order valence-corrected chi connectivity index (χ4v) is 1.37. The maximum Gasteiger partial charge on any atom is 0.0890 e. The average Bonchev–Trinajstić information content (AvgIpc) is 2.58. The van der Waals surface area contributed by atoms with Gasteiger partial charge in [0.25, 0.3) is 0 Å². The molecule has 0 bridgehead atoms. The van der Waals surface area contributed by atoms with Crippen LogP contribution in [0.4, 0.5) is 0 Å². The summed E-state index contributed by atoms with van der Waals surface area (Å²) in [4.78, 5) is 0. The van der Waals surface area contributed by atoms with Crippen molar-refractivity contribution in [3.8, 4) is 0 Å². The Balaban J connectivity index is 2.35. The van der Waals surface area contributed by atoms with Crippen LogP contribution < -0.4 is 5.43 Å². The van der Waals surface area contributed by atoms with E-state index in [4.69, 9.17) is 0 Å². The van der Waals surface area contributed by atoms with Crippen LogP contribution in [-0.2, 0) is 0 Å². The van der Waals surface area contributed by atoms with Gasteiger partial charge in [-0.1, -0.05) is 25.1 Å². The summed E-state index contributed by atoms with van der Waals surface area (Å²) in [7, 11) is 0. The Labute approximate surface area is 78.1 Å². The molecule has 1 radical (unpaired) electrons. The number of nitrogens with zero attached hydrogens (tertiary/aromatic N) is 1. The van der Waals surface area contributed by atoms with E-state index >= 15 is 0 Å². The topological polar surface area (TPSA) is 17.0 Å². The van der Waals surface area contributed by atoms with Crippen molar-refractivity contribution in [1.29, 1.82) is 0 Å². The van der Waals surface area contributed by atoms with Gasteiger partial charge in [-0.15, -0.1) is 0 Å². The minimum Gasteiger partial charge on any atom is -0.325 e. The zero-order valence-corrected chi connectivity index (χ0v) is 7.75. The van der Waals surface area contributed by atoms with Gasteiger partial charge in [-0.2, -0.15) is 0 Å². The average molecular weight is 173 g/mol. The molecule has 67 valence electrons. The maximum absolute atomic E-state index is 3.28. The van der Waals surface area contributed by atoms with Crippen LogP contribution in [-0.4, -0.2) is 11.2 Å². The van der Waals surface area contributed by atoms with Gasteiger partial charge in [-0.3, -0.25) is 4.68 Å². The zero-order valence-electron chi connectivity index (χ0n) is 7.75. The molecule has 0 amide bonds. The van der Waals surface area contributed by atoms with Crippen molar-refractivity contribution in [3.05, 3.63) is 36.5 Å². The van der Waals surface area contributed by atoms with Crippen LogP contribution in [0, 0.1) is 6.20 Å². The Morgan fingerprint density at radius 1 is 1.38 bits per heavy atom. The fourth-order valence-electron chi connectivity index (χ4n) is 1.37. The van der Waals surface area contributed by atoms with Crippen molar-refractivity contribution in [2.45, 2.75) is 13.3 Å². The lowest BCUT2D eigenvalue weighted by molar-refractivity contribution is 0.828. The van der Waals surface area contributed by atoms with E-state index in [9.17, 15) is 0 Å². The van der Waals surface area contributed by atoms with Gasteiger partial charge in [0.05, 0.1) is 11.7 Å². The van der Waals surface area contributed by atoms with Crippen LogP contribution in [0.3, 0.4) is 0 Å². The Kier molecular flexibility index (Phi) is 2.21. The summed E-state index contributed by atoms with van der Waals surface area (Å²) in [6.07, 6.45) is 4.28. The second-order valence-electron chi connectivity index (χ2n) is 3.08. The summed E-state index contributed by atoms with van der Waals surface area (Å²) in [5, 5.41) is 1.23. The minimum atomic E-state index is 0.981. The summed E-state index contributed by atoms with van der Waals surface area (Å²) in [6, 6.07) is 10.3. The van der Waals surface area contributed by atoms with E-state index in [1.165, 1.54) is 10.9 Å². The maximum atomic E-state index is 3.28. The highest BCUT2D eigenvalue weighted by Crippen LogP contribution is 2.12. The molecule has 0 unspecified atom stereocenters. The molecule has 0 fully saturated rings. The molecular weight excluding hydrogens is 160 g/mol. The van der Waals surface area contributed by atoms with Crippen molar-refractivity contribution < 1.29 is 0 Å². The summed E-state index contributed by atoms with van der Waals surface area (Å²) in [5.74, 6) is 0. The smallest absolute Gasteiger partial charge is 0.0890 e. The molecule has 0 aliphatic heterocycles. The van der Waals surface area contributed by atoms with Crippen molar-refractivity contribution in [1.82, 2.24) is 4.68 Å². The van der Waals surface area contributed by atoms with E-state index in [0.717, 1.165) is 13.0 Å². The van der Waals surface area contributed by atoms with Gasteiger partial charge in [0.2, 0.25) is 0 Å². The molecule has 0 aliphatic carbocycles. The lowest BCUT2D eigenvalue weighted by Crippen LogP contribution is -2.13. The van der Waals surface area contributed by atoms with Crippen LogP contribution in [0.5, 0.6) is 0 Å². The van der Waals surface area contributed by atoms with Crippen molar-refractivity contribution in [2.75, 3.05) is 12.0 Å². The van der Waals surface area contributed by atoms with Crippen molar-refractivity contribution >= 4 is 10.9 Å². The molecule has 1 heterocycles. The largest absolute Gasteiger partial charge is 0.325 e. The van der Waals surface area contributed by atoms with Crippen LogP contribution in [0.15, 0.2) is 30.3 Å². The van der Waals surface area contributed by atoms with E-state index in [1.54, 1.807) is 0 Å². The van der Waals surface area contributed by atoms with E-state index in [-0.39, 0.29) is 0 Å². The third-order valence-electron chi connectivity index (χ3n) is 2.05. The first-order valence-electron chi connectivity index (χ1n) is 4.64. The van der Waals surface area contributed by atoms with Gasteiger partial charge in [-0.05, 0) is 18.6 Å². The Morgan fingerprint density at radius 3 is 3.08 bits per heavy atom. The number of aromatic nitrogens is 1. The van der Waals surface area contributed by atoms with Gasteiger partial charge in [0, 0.05) is 11.9 Å². The third kappa shape index (κ3) is 1.52. The second-order valence-corrected chi connectivity index (χ2v) is 3.08. The molecule has 1 aromatic heterocycles. The van der Waals surface area contributed by atoms with E-state index in [1.807, 2.05) is 22.9 Å². The lowest BCUT2D eigenvalue weighted by atomic mass is 10.3. The molecule has 1 aromatic carbocycles. The summed E-state index contributed by atoms with van der Waals surface area (Å²) >= 11 is 0. The summed E-state index contributed by atoms with van der Waals surface area (Å²) in [6.45, 7) is 3.13. The summed E-state index contributed by atoms with van der Waals surface area (Å²) in [5.41, 5.74) is 4.47. The SMILES string of the molecule is CCCNn1[c]cc2ccccc21. The van der Waals surface area contributed by atoms with Gasteiger partial charge in [0.15, 0.2) is 0 Å². The zero-order chi connectivity index (χ0) is 9.10. The number of para-hydroxylation sites is 1. The second kappa shape index (κ2) is 3.52. The fraction of sp³-hybridized carbons (Fsp3) is 0.273. The van der Waals surface area contributed by atoms with Gasteiger partial charge in [0.1, 0.15) is 0 Å². The number of fused-ring (bicyclic) bond motifs is 1. The molecule has 2 heteroatoms. The number of rotatable bonds is 3. The predicted molar refractivity (Wildman–Crippen MR) is 55.3 cm³/mol. The molecule has 0 saturated heterocycles. The highest BCUT2D eigenvalue weighted by molar-refractivity contribution is 5.79. The molecule has 0 saturated carbocycles. The van der Waals surface area contributed by atoms with Crippen LogP contribution in [0.1, 0.15) is 13.3 Å². The molecule has 2 aromatic rings. The van der Waals surface area contributed by atoms with E-state index in [0.29, 0.717) is 0 Å². The van der Waals surface area contributed by atoms with Crippen LogP contribution in [0.25, 0.3) is 10.9 Å². The molecule has 0 aliphatic rings. The Morgan fingerprint density at radius 2 is 2.23 bits per heavy atom. The van der Waals surface area contributed by atoms with Crippen LogP contribution in [0.2, 0.25) is 0 Å². The number of nitrogens with one attached hydrogen (secondary N) is 1. The standard InChI is InChI=1S/C11H13N2/c1-2-8-12-13-9-7-10-5-3-4-6-11(10)13/h3-7,12H,2,8H2,1H3. The third-order valence-corrected chi connectivity index (χ3v) is 2.05. The quantitative estimate of drug-likeness (QED) is 0.754. The molecule has 13 heavy (non-hydrogen) atoms. The lowest BCUT2D eigenvalue weighted by Gasteiger charge is -2.06. The van der Waals surface area contributed by atoms with Gasteiger partial charge < -0.3 is 5.43 Å².